The van der Waals surface area contributed by atoms with Gasteiger partial charge in [0.2, 0.25) is 18.2 Å². The van der Waals surface area contributed by atoms with Crippen LogP contribution in [-0.2, 0) is 27.2 Å². The first-order valence-electron chi connectivity index (χ1n) is 14.7. The van der Waals surface area contributed by atoms with Crippen molar-refractivity contribution in [3.05, 3.63) is 96.1 Å². The maximum absolute atomic E-state index is 12.4. The number of rotatable bonds is 10. The van der Waals surface area contributed by atoms with Gasteiger partial charge in [0.1, 0.15) is 6.04 Å². The highest BCUT2D eigenvalue weighted by molar-refractivity contribution is 5.88. The molecule has 2 N–H and O–H groups in total. The third-order valence-corrected chi connectivity index (χ3v) is 7.90. The van der Waals surface area contributed by atoms with Gasteiger partial charge in [-0.25, -0.2) is 0 Å². The van der Waals surface area contributed by atoms with E-state index >= 15 is 0 Å². The number of hydrogen-bond donors (Lipinski definition) is 2. The number of fused-ring (bicyclic) bond motifs is 1. The average Bonchev–Trinajstić information content (AvgIpc) is 2.98. The summed E-state index contributed by atoms with van der Waals surface area (Å²) in [5.41, 5.74) is 2.33. The first-order valence-corrected chi connectivity index (χ1v) is 14.7. The van der Waals surface area contributed by atoms with E-state index in [2.05, 4.69) is 73.9 Å². The summed E-state index contributed by atoms with van der Waals surface area (Å²) in [6, 6.07) is 24.4. The predicted molar refractivity (Wildman–Crippen MR) is 171 cm³/mol. The SMILES string of the molecule is CC1CN(C=O)[C@H](Cc2ccccc2)C(=O)N1.CNC(C)(C)C/C=C/C(=O)N(C)[C@@H](C)Cc1ccc2ccccc2c1. The van der Waals surface area contributed by atoms with Crippen molar-refractivity contribution >= 4 is 29.0 Å². The van der Waals surface area contributed by atoms with Crippen molar-refractivity contribution < 1.29 is 14.4 Å². The second-order valence-electron chi connectivity index (χ2n) is 11.8. The molecular weight excluding hydrogens is 524 g/mol. The van der Waals surface area contributed by atoms with Crippen molar-refractivity contribution in [2.45, 2.75) is 70.6 Å². The van der Waals surface area contributed by atoms with Crippen LogP contribution in [0.5, 0.6) is 0 Å². The predicted octanol–water partition coefficient (Wildman–Crippen LogP) is 4.75. The van der Waals surface area contributed by atoms with Gasteiger partial charge in [0.15, 0.2) is 0 Å². The average molecular weight is 571 g/mol. The molecule has 4 rings (SSSR count). The van der Waals surface area contributed by atoms with E-state index in [9.17, 15) is 14.4 Å². The van der Waals surface area contributed by atoms with E-state index in [0.717, 1.165) is 24.8 Å². The second kappa shape index (κ2) is 15.3. The summed E-state index contributed by atoms with van der Waals surface area (Å²) in [5, 5.41) is 8.61. The highest BCUT2D eigenvalue weighted by atomic mass is 16.2. The smallest absolute Gasteiger partial charge is 0.246 e. The zero-order valence-corrected chi connectivity index (χ0v) is 25.8. The highest BCUT2D eigenvalue weighted by Gasteiger charge is 2.31. The normalized spacial score (nSPS) is 17.8. The second-order valence-corrected chi connectivity index (χ2v) is 11.8. The summed E-state index contributed by atoms with van der Waals surface area (Å²) in [7, 11) is 3.81. The van der Waals surface area contributed by atoms with Crippen LogP contribution in [0.2, 0.25) is 0 Å². The van der Waals surface area contributed by atoms with Crippen molar-refractivity contribution in [3.8, 4) is 0 Å². The number of nitrogens with one attached hydrogen (secondary N) is 2. The zero-order chi connectivity index (χ0) is 30.7. The number of carbonyl (C=O) groups excluding carboxylic acids is 3. The number of amides is 3. The molecule has 1 unspecified atom stereocenters. The standard InChI is InChI=1S/C22H30N2O.C13H16N2O2/c1-17(24(5)21(25)11-8-14-22(2,3)23-4)15-18-12-13-19-9-6-7-10-20(19)16-18;1-10-8-15(9-16)12(13(17)14-10)7-11-5-3-2-4-6-11/h6-13,16-17,23H,14-15H2,1-5H3;2-6,9-10,12H,7-8H2,1H3,(H,14,17)/b11-8+;/t17-;10?,12-/m01/s1. The van der Waals surface area contributed by atoms with Crippen LogP contribution in [0.3, 0.4) is 0 Å². The van der Waals surface area contributed by atoms with Crippen molar-refractivity contribution in [2.75, 3.05) is 20.6 Å². The third-order valence-electron chi connectivity index (χ3n) is 7.90. The summed E-state index contributed by atoms with van der Waals surface area (Å²) < 4.78 is 0. The van der Waals surface area contributed by atoms with Crippen molar-refractivity contribution in [2.24, 2.45) is 0 Å². The Morgan fingerprint density at radius 1 is 1.07 bits per heavy atom. The van der Waals surface area contributed by atoms with E-state index in [0.29, 0.717) is 13.0 Å². The fourth-order valence-corrected chi connectivity index (χ4v) is 4.88. The van der Waals surface area contributed by atoms with Gasteiger partial charge >= 0.3 is 0 Å². The van der Waals surface area contributed by atoms with E-state index < -0.39 is 0 Å². The van der Waals surface area contributed by atoms with Crippen molar-refractivity contribution in [1.82, 2.24) is 20.4 Å². The molecule has 42 heavy (non-hydrogen) atoms. The Labute approximate surface area is 251 Å². The molecule has 0 radical (unpaired) electrons. The fraction of sp³-hybridized carbons (Fsp3) is 0.400. The van der Waals surface area contributed by atoms with Crippen LogP contribution in [0, 0.1) is 0 Å². The molecule has 0 spiro atoms. The Balaban J connectivity index is 0.000000247. The summed E-state index contributed by atoms with van der Waals surface area (Å²) in [5.74, 6) is -0.0140. The zero-order valence-electron chi connectivity index (χ0n) is 25.8. The van der Waals surface area contributed by atoms with Crippen LogP contribution >= 0.6 is 0 Å². The molecule has 224 valence electrons. The van der Waals surface area contributed by atoms with E-state index in [4.69, 9.17) is 0 Å². The summed E-state index contributed by atoms with van der Waals surface area (Å²) in [6.45, 7) is 8.81. The fourth-order valence-electron chi connectivity index (χ4n) is 4.88. The Hall–Kier alpha value is -3.97. The molecule has 1 aliphatic heterocycles. The van der Waals surface area contributed by atoms with Gasteiger partial charge in [0.05, 0.1) is 0 Å². The molecule has 3 aromatic carbocycles. The number of hydrogen-bond acceptors (Lipinski definition) is 4. The van der Waals surface area contributed by atoms with Gasteiger partial charge in [-0.2, -0.15) is 0 Å². The quantitative estimate of drug-likeness (QED) is 0.272. The minimum Gasteiger partial charge on any atom is -0.350 e. The van der Waals surface area contributed by atoms with Gasteiger partial charge in [0.25, 0.3) is 0 Å². The number of carbonyl (C=O) groups is 3. The molecule has 7 heteroatoms. The Morgan fingerprint density at radius 3 is 2.40 bits per heavy atom. The lowest BCUT2D eigenvalue weighted by Crippen LogP contribution is -2.59. The molecule has 1 fully saturated rings. The molecule has 7 nitrogen and oxygen atoms in total. The van der Waals surface area contributed by atoms with Crippen LogP contribution in [0.25, 0.3) is 10.8 Å². The highest BCUT2D eigenvalue weighted by Crippen LogP contribution is 2.18. The summed E-state index contributed by atoms with van der Waals surface area (Å²) >= 11 is 0. The molecule has 3 amide bonds. The van der Waals surface area contributed by atoms with Crippen LogP contribution < -0.4 is 10.6 Å². The van der Waals surface area contributed by atoms with Gasteiger partial charge in [-0.05, 0) is 75.6 Å². The Kier molecular flexibility index (Phi) is 11.9. The molecule has 0 aliphatic carbocycles. The molecule has 3 atom stereocenters. The van der Waals surface area contributed by atoms with Crippen LogP contribution in [0.1, 0.15) is 45.2 Å². The Bertz CT molecular complexity index is 1350. The maximum atomic E-state index is 12.4. The maximum Gasteiger partial charge on any atom is 0.246 e. The monoisotopic (exact) mass is 570 g/mol. The molecule has 0 bridgehead atoms. The number of piperazine rings is 1. The van der Waals surface area contributed by atoms with Crippen molar-refractivity contribution in [1.29, 1.82) is 0 Å². The lowest BCUT2D eigenvalue weighted by Gasteiger charge is -2.35. The van der Waals surface area contributed by atoms with Crippen LogP contribution in [0.4, 0.5) is 0 Å². The molecule has 1 aliphatic rings. The first-order chi connectivity index (χ1) is 20.0. The van der Waals surface area contributed by atoms with Gasteiger partial charge in [-0.15, -0.1) is 0 Å². The minimum atomic E-state index is -0.383. The van der Waals surface area contributed by atoms with Gasteiger partial charge < -0.3 is 20.4 Å². The summed E-state index contributed by atoms with van der Waals surface area (Å²) in [6.07, 6.45) is 6.65. The lowest BCUT2D eigenvalue weighted by molar-refractivity contribution is -0.137. The molecule has 0 saturated carbocycles. The molecule has 0 aromatic heterocycles. The van der Waals surface area contributed by atoms with Crippen LogP contribution in [0.15, 0.2) is 84.9 Å². The minimum absolute atomic E-state index is 0.00601. The first kappa shape index (κ1) is 32.5. The van der Waals surface area contributed by atoms with Crippen molar-refractivity contribution in [3.63, 3.8) is 0 Å². The third kappa shape index (κ3) is 9.55. The number of benzene rings is 3. The molecular formula is C35H46N4O3. The van der Waals surface area contributed by atoms with Crippen LogP contribution in [-0.4, -0.2) is 72.3 Å². The van der Waals surface area contributed by atoms with Gasteiger partial charge in [-0.3, -0.25) is 14.4 Å². The van der Waals surface area contributed by atoms with Gasteiger partial charge in [-0.1, -0.05) is 78.9 Å². The molecule has 1 saturated heterocycles. The topological polar surface area (TPSA) is 81.8 Å². The summed E-state index contributed by atoms with van der Waals surface area (Å²) in [4.78, 5) is 38.6. The lowest BCUT2D eigenvalue weighted by atomic mass is 10.0. The number of likely N-dealkylation sites (N-methyl/N-ethyl adjacent to an activating group) is 1. The molecule has 1 heterocycles. The molecule has 3 aromatic rings. The Morgan fingerprint density at radius 2 is 1.74 bits per heavy atom. The van der Waals surface area contributed by atoms with E-state index in [1.165, 1.54) is 16.3 Å². The number of nitrogens with zero attached hydrogens (tertiary/aromatic N) is 2. The van der Waals surface area contributed by atoms with E-state index in [1.54, 1.807) is 11.0 Å². The van der Waals surface area contributed by atoms with E-state index in [1.807, 2.05) is 62.3 Å². The largest absolute Gasteiger partial charge is 0.350 e. The van der Waals surface area contributed by atoms with Gasteiger partial charge in [0, 0.05) is 37.6 Å². The van der Waals surface area contributed by atoms with E-state index in [-0.39, 0.29) is 35.5 Å².